The fraction of sp³-hybridized carbons (Fsp3) is 0.211. The summed E-state index contributed by atoms with van der Waals surface area (Å²) in [6, 6.07) is 15.9. The van der Waals surface area contributed by atoms with Gasteiger partial charge < -0.3 is 20.1 Å². The van der Waals surface area contributed by atoms with Gasteiger partial charge in [-0.25, -0.2) is 0 Å². The first kappa shape index (κ1) is 16.9. The maximum atomic E-state index is 12.4. The predicted molar refractivity (Wildman–Crippen MR) is 98.1 cm³/mol. The molecule has 2 amide bonds. The Balaban J connectivity index is 1.33. The van der Waals surface area contributed by atoms with E-state index in [2.05, 4.69) is 21.2 Å². The first-order valence-electron chi connectivity index (χ1n) is 8.55. The van der Waals surface area contributed by atoms with Gasteiger partial charge in [-0.3, -0.25) is 15.0 Å². The Labute approximate surface area is 155 Å². The molecule has 1 unspecified atom stereocenters. The minimum absolute atomic E-state index is 0.0268. The van der Waals surface area contributed by atoms with Crippen LogP contribution in [0.4, 0.5) is 5.69 Å². The van der Waals surface area contributed by atoms with E-state index in [0.29, 0.717) is 23.8 Å². The number of hydrogen-bond donors (Lipinski definition) is 3. The number of carbonyl (C=O) groups is 2. The molecule has 0 bridgehead atoms. The van der Waals surface area contributed by atoms with Crippen molar-refractivity contribution in [2.45, 2.75) is 18.7 Å². The molecular weight excluding hydrogens is 348 g/mol. The van der Waals surface area contributed by atoms with Crippen molar-refractivity contribution >= 4 is 23.4 Å². The molecule has 0 aliphatic carbocycles. The number of ether oxygens (including phenoxy) is 2. The van der Waals surface area contributed by atoms with Gasteiger partial charge in [0, 0.05) is 0 Å². The molecule has 8 heteroatoms. The van der Waals surface area contributed by atoms with Crippen LogP contribution < -0.4 is 20.8 Å². The second kappa shape index (κ2) is 7.36. The van der Waals surface area contributed by atoms with Crippen LogP contribution in [0.1, 0.15) is 5.56 Å². The lowest BCUT2D eigenvalue weighted by atomic mass is 10.1. The van der Waals surface area contributed by atoms with E-state index >= 15 is 0 Å². The summed E-state index contributed by atoms with van der Waals surface area (Å²) in [7, 11) is 0. The van der Waals surface area contributed by atoms with Gasteiger partial charge in [0.2, 0.25) is 5.90 Å². The van der Waals surface area contributed by atoms with Crippen LogP contribution in [0, 0.1) is 0 Å². The van der Waals surface area contributed by atoms with Crippen LogP contribution in [0.25, 0.3) is 0 Å². The first-order chi connectivity index (χ1) is 13.2. The molecule has 4 rings (SSSR count). The number of nitrogens with one attached hydrogen (secondary N) is 3. The van der Waals surface area contributed by atoms with Gasteiger partial charge in [0.25, 0.3) is 18.0 Å². The Morgan fingerprint density at radius 3 is 2.78 bits per heavy atom. The zero-order valence-electron chi connectivity index (χ0n) is 14.3. The highest BCUT2D eigenvalue weighted by molar-refractivity contribution is 5.99. The van der Waals surface area contributed by atoms with Gasteiger partial charge in [0.15, 0.2) is 0 Å². The molecular formula is C19H18N4O4. The molecule has 0 fully saturated rings. The Bertz CT molecular complexity index is 884. The van der Waals surface area contributed by atoms with Crippen molar-refractivity contribution in [3.63, 3.8) is 0 Å². The van der Waals surface area contributed by atoms with Crippen LogP contribution in [0.3, 0.4) is 0 Å². The molecule has 2 heterocycles. The summed E-state index contributed by atoms with van der Waals surface area (Å²) >= 11 is 0. The number of hydrogen-bond acceptors (Lipinski definition) is 6. The molecule has 0 saturated carbocycles. The second-order valence-electron chi connectivity index (χ2n) is 6.15. The largest absolute Gasteiger partial charge is 0.489 e. The van der Waals surface area contributed by atoms with Crippen LogP contribution in [0.2, 0.25) is 0 Å². The van der Waals surface area contributed by atoms with Crippen molar-refractivity contribution in [3.05, 3.63) is 60.2 Å². The van der Waals surface area contributed by atoms with Crippen molar-refractivity contribution in [3.8, 4) is 5.75 Å². The van der Waals surface area contributed by atoms with E-state index in [9.17, 15) is 9.59 Å². The minimum atomic E-state index is -0.984. The summed E-state index contributed by atoms with van der Waals surface area (Å²) in [5.41, 5.74) is 4.24. The quantitative estimate of drug-likeness (QED) is 0.750. The smallest absolute Gasteiger partial charge is 0.284 e. The number of carbonyl (C=O) groups excluding carboxylic acids is 2. The average Bonchev–Trinajstić information content (AvgIpc) is 3.09. The summed E-state index contributed by atoms with van der Waals surface area (Å²) in [4.78, 5) is 24.8. The number of amides is 2. The molecule has 2 aliphatic heterocycles. The number of hydrazone groups is 1. The van der Waals surface area contributed by atoms with Crippen molar-refractivity contribution in [2.24, 2.45) is 5.10 Å². The van der Waals surface area contributed by atoms with Gasteiger partial charge in [-0.2, -0.15) is 0 Å². The number of rotatable bonds is 4. The Hall–Kier alpha value is -3.55. The van der Waals surface area contributed by atoms with E-state index in [1.807, 2.05) is 36.4 Å². The number of benzene rings is 2. The lowest BCUT2D eigenvalue weighted by Crippen LogP contribution is -2.52. The van der Waals surface area contributed by atoms with Crippen LogP contribution in [-0.2, 0) is 20.7 Å². The van der Waals surface area contributed by atoms with Crippen molar-refractivity contribution in [2.75, 3.05) is 11.9 Å². The molecule has 3 N–H and O–H groups in total. The highest BCUT2D eigenvalue weighted by Gasteiger charge is 2.32. The molecule has 0 radical (unpaired) electrons. The van der Waals surface area contributed by atoms with E-state index < -0.39 is 18.2 Å². The third-order valence-corrected chi connectivity index (χ3v) is 4.18. The normalized spacial score (nSPS) is 20.7. The van der Waals surface area contributed by atoms with Gasteiger partial charge in [-0.15, -0.1) is 5.10 Å². The summed E-state index contributed by atoms with van der Waals surface area (Å²) in [5.74, 6) is 0.134. The molecule has 2 aromatic rings. The van der Waals surface area contributed by atoms with E-state index in [1.54, 1.807) is 18.2 Å². The highest BCUT2D eigenvalue weighted by Crippen LogP contribution is 2.26. The lowest BCUT2D eigenvalue weighted by Gasteiger charge is -2.17. The molecule has 27 heavy (non-hydrogen) atoms. The van der Waals surface area contributed by atoms with Crippen LogP contribution in [0.15, 0.2) is 59.7 Å². The van der Waals surface area contributed by atoms with Crippen LogP contribution in [-0.4, -0.2) is 36.6 Å². The van der Waals surface area contributed by atoms with Crippen molar-refractivity contribution in [1.82, 2.24) is 10.7 Å². The van der Waals surface area contributed by atoms with Gasteiger partial charge in [-0.1, -0.05) is 42.5 Å². The fourth-order valence-electron chi connectivity index (χ4n) is 2.80. The van der Waals surface area contributed by atoms with Crippen molar-refractivity contribution < 1.29 is 19.1 Å². The minimum Gasteiger partial charge on any atom is -0.489 e. The number of para-hydroxylation sites is 2. The zero-order chi connectivity index (χ0) is 18.6. The Morgan fingerprint density at radius 1 is 1.15 bits per heavy atom. The Morgan fingerprint density at radius 2 is 1.93 bits per heavy atom. The topological polar surface area (TPSA) is 101 Å². The van der Waals surface area contributed by atoms with Crippen LogP contribution >= 0.6 is 0 Å². The summed E-state index contributed by atoms with van der Waals surface area (Å²) in [5, 5.41) is 9.42. The number of fused-ring (bicyclic) bond motifs is 1. The summed E-state index contributed by atoms with van der Waals surface area (Å²) in [6.07, 6.45) is -0.512. The standard InChI is InChI=1S/C19H18N4O4/c24-17-14(11-26-15-9-5-4-8-13(15)20-17)21-18(25)19-23-22-16(27-19)10-12-6-2-1-3-7-12/h1-9,14,19,23H,10-11H2,(H,20,24)(H,21,25)/t14-,19?/m0/s1. The molecule has 2 aromatic carbocycles. The van der Waals surface area contributed by atoms with E-state index in [4.69, 9.17) is 9.47 Å². The molecule has 2 atom stereocenters. The fourth-order valence-corrected chi connectivity index (χ4v) is 2.80. The molecule has 0 saturated heterocycles. The van der Waals surface area contributed by atoms with E-state index in [-0.39, 0.29) is 12.5 Å². The molecule has 8 nitrogen and oxygen atoms in total. The van der Waals surface area contributed by atoms with E-state index in [0.717, 1.165) is 5.56 Å². The maximum absolute atomic E-state index is 12.4. The SMILES string of the molecule is O=C(N[C@H]1COc2ccccc2NC1=O)C1NN=C(Cc2ccccc2)O1. The number of nitrogens with zero attached hydrogens (tertiary/aromatic N) is 1. The van der Waals surface area contributed by atoms with Gasteiger partial charge >= 0.3 is 0 Å². The first-order valence-corrected chi connectivity index (χ1v) is 8.55. The monoisotopic (exact) mass is 366 g/mol. The summed E-state index contributed by atoms with van der Waals surface area (Å²) < 4.78 is 11.2. The molecule has 0 spiro atoms. The molecule has 0 aromatic heterocycles. The third-order valence-electron chi connectivity index (χ3n) is 4.18. The molecule has 2 aliphatic rings. The maximum Gasteiger partial charge on any atom is 0.284 e. The summed E-state index contributed by atoms with van der Waals surface area (Å²) in [6.45, 7) is 0.0268. The van der Waals surface area contributed by atoms with Gasteiger partial charge in [0.1, 0.15) is 18.4 Å². The number of anilines is 1. The highest BCUT2D eigenvalue weighted by atomic mass is 16.5. The predicted octanol–water partition coefficient (Wildman–Crippen LogP) is 1.00. The van der Waals surface area contributed by atoms with E-state index in [1.165, 1.54) is 0 Å². The zero-order valence-corrected chi connectivity index (χ0v) is 14.3. The third kappa shape index (κ3) is 3.84. The Kier molecular flexibility index (Phi) is 4.61. The van der Waals surface area contributed by atoms with Gasteiger partial charge in [-0.05, 0) is 17.7 Å². The lowest BCUT2D eigenvalue weighted by molar-refractivity contribution is -0.132. The van der Waals surface area contributed by atoms with Crippen molar-refractivity contribution in [1.29, 1.82) is 0 Å². The second-order valence-corrected chi connectivity index (χ2v) is 6.15. The average molecular weight is 366 g/mol. The molecule has 138 valence electrons. The van der Waals surface area contributed by atoms with Crippen LogP contribution in [0.5, 0.6) is 5.75 Å². The van der Waals surface area contributed by atoms with Gasteiger partial charge in [0.05, 0.1) is 12.1 Å².